The van der Waals surface area contributed by atoms with Crippen LogP contribution in [0.4, 0.5) is 22.7 Å². The molecule has 0 aliphatic heterocycles. The highest BCUT2D eigenvalue weighted by Gasteiger charge is 2.19. The maximum atomic E-state index is 11.2. The predicted octanol–water partition coefficient (Wildman–Crippen LogP) is 4.01. The van der Waals surface area contributed by atoms with E-state index in [0.29, 0.717) is 10.8 Å². The molecule has 0 heterocycles. The van der Waals surface area contributed by atoms with Crippen molar-refractivity contribution in [2.75, 3.05) is 5.48 Å². The number of nitro benzene ring substituents is 2. The molecule has 0 fully saturated rings. The van der Waals surface area contributed by atoms with Crippen LogP contribution in [-0.4, -0.2) is 15.1 Å². The van der Waals surface area contributed by atoms with E-state index in [0.717, 1.165) is 6.07 Å². The molecule has 0 saturated carbocycles. The van der Waals surface area contributed by atoms with Crippen molar-refractivity contribution in [3.05, 3.63) is 61.5 Å². The average molecular weight is 328 g/mol. The lowest BCUT2D eigenvalue weighted by molar-refractivity contribution is -0.384. The minimum Gasteiger partial charge on any atom is -0.291 e. The van der Waals surface area contributed by atoms with Crippen LogP contribution in [0.15, 0.2) is 41.6 Å². The number of fused-ring (bicyclic) bond motifs is 3. The Morgan fingerprint density at radius 1 is 0.875 bits per heavy atom. The topological polar surface area (TPSA) is 148 Å². The van der Waals surface area contributed by atoms with Gasteiger partial charge in [0.25, 0.3) is 11.4 Å². The molecule has 0 spiro atoms. The Bertz CT molecular complexity index is 1030. The Morgan fingerprint density at radius 3 is 1.83 bits per heavy atom. The fraction of sp³-hybridized carbons (Fsp3) is 0. The largest absolute Gasteiger partial charge is 0.291 e. The molecule has 3 rings (SSSR count). The van der Waals surface area contributed by atoms with Crippen molar-refractivity contribution in [3.8, 4) is 0 Å². The molecule has 0 unspecified atom stereocenters. The van der Waals surface area contributed by atoms with Crippen LogP contribution in [0.2, 0.25) is 0 Å². The summed E-state index contributed by atoms with van der Waals surface area (Å²) in [6.45, 7) is 0. The van der Waals surface area contributed by atoms with Crippen LogP contribution in [0.1, 0.15) is 0 Å². The standard InChI is InChI=1S/C14H8N4O6/c19-15-13-11-5-7(17(21)22)1-3-9(11)10-4-2-8(18(23)24)6-12(10)14(13)16-20/h1-6,15,19H. The fourth-order valence-corrected chi connectivity index (χ4v) is 2.63. The minimum absolute atomic E-state index is 0.150. The lowest BCUT2D eigenvalue weighted by Gasteiger charge is -2.11. The summed E-state index contributed by atoms with van der Waals surface area (Å²) in [6, 6.07) is 7.73. The first-order valence-electron chi connectivity index (χ1n) is 6.53. The zero-order valence-corrected chi connectivity index (χ0v) is 11.8. The molecule has 2 N–H and O–H groups in total. The van der Waals surface area contributed by atoms with E-state index >= 15 is 0 Å². The van der Waals surface area contributed by atoms with Crippen molar-refractivity contribution in [2.24, 2.45) is 5.18 Å². The molecule has 0 aliphatic carbocycles. The van der Waals surface area contributed by atoms with Crippen molar-refractivity contribution >= 4 is 44.3 Å². The SMILES string of the molecule is O=Nc1c(NO)c2cc([N+](=O)[O-])ccc2c2ccc([N+](=O)[O-])cc12. The molecule has 0 bridgehead atoms. The summed E-state index contributed by atoms with van der Waals surface area (Å²) in [5.41, 5.74) is 0.889. The maximum Gasteiger partial charge on any atom is 0.270 e. The molecular formula is C14H8N4O6. The number of anilines is 1. The van der Waals surface area contributed by atoms with E-state index in [2.05, 4.69) is 5.18 Å². The van der Waals surface area contributed by atoms with Gasteiger partial charge in [-0.15, -0.1) is 4.91 Å². The summed E-state index contributed by atoms with van der Waals surface area (Å²) in [7, 11) is 0. The summed E-state index contributed by atoms with van der Waals surface area (Å²) in [4.78, 5) is 31.9. The van der Waals surface area contributed by atoms with E-state index in [1.165, 1.54) is 30.3 Å². The molecule has 0 aromatic heterocycles. The van der Waals surface area contributed by atoms with Gasteiger partial charge in [0.2, 0.25) is 0 Å². The van der Waals surface area contributed by atoms with Crippen LogP contribution < -0.4 is 5.48 Å². The number of benzene rings is 3. The molecule has 10 nitrogen and oxygen atoms in total. The summed E-state index contributed by atoms with van der Waals surface area (Å²) < 4.78 is 0. The van der Waals surface area contributed by atoms with Gasteiger partial charge in [-0.1, -0.05) is 0 Å². The Morgan fingerprint density at radius 2 is 1.38 bits per heavy atom. The number of rotatable bonds is 4. The van der Waals surface area contributed by atoms with Gasteiger partial charge >= 0.3 is 0 Å². The second-order valence-corrected chi connectivity index (χ2v) is 4.90. The number of hydrogen-bond acceptors (Lipinski definition) is 8. The van der Waals surface area contributed by atoms with Crippen LogP contribution >= 0.6 is 0 Å². The van der Waals surface area contributed by atoms with Crippen molar-refractivity contribution in [2.45, 2.75) is 0 Å². The van der Waals surface area contributed by atoms with Gasteiger partial charge in [-0.05, 0) is 28.1 Å². The maximum absolute atomic E-state index is 11.2. The summed E-state index contributed by atoms with van der Waals surface area (Å²) >= 11 is 0. The minimum atomic E-state index is -0.625. The Balaban J connectivity index is 2.53. The van der Waals surface area contributed by atoms with Crippen molar-refractivity contribution in [3.63, 3.8) is 0 Å². The molecule has 0 aliphatic rings. The molecule has 0 atom stereocenters. The molecular weight excluding hydrogens is 320 g/mol. The molecule has 0 saturated heterocycles. The lowest BCUT2D eigenvalue weighted by atomic mass is 9.97. The van der Waals surface area contributed by atoms with Crippen LogP contribution in [0.3, 0.4) is 0 Å². The first-order chi connectivity index (χ1) is 11.5. The quantitative estimate of drug-likeness (QED) is 0.318. The second-order valence-electron chi connectivity index (χ2n) is 4.90. The normalized spacial score (nSPS) is 10.7. The summed E-state index contributed by atoms with van der Waals surface area (Å²) in [5, 5.41) is 35.3. The van der Waals surface area contributed by atoms with Gasteiger partial charge in [0.05, 0.1) is 15.5 Å². The van der Waals surface area contributed by atoms with Crippen molar-refractivity contribution in [1.82, 2.24) is 0 Å². The highest BCUT2D eigenvalue weighted by Crippen LogP contribution is 2.43. The first kappa shape index (κ1) is 15.2. The lowest BCUT2D eigenvalue weighted by Crippen LogP contribution is -1.95. The van der Waals surface area contributed by atoms with Crippen molar-refractivity contribution in [1.29, 1.82) is 0 Å². The van der Waals surface area contributed by atoms with Crippen molar-refractivity contribution < 1.29 is 15.1 Å². The number of nitrogens with zero attached hydrogens (tertiary/aromatic N) is 3. The Hall–Kier alpha value is -3.66. The number of non-ortho nitro benzene ring substituents is 2. The Kier molecular flexibility index (Phi) is 3.50. The van der Waals surface area contributed by atoms with Crippen LogP contribution in [0, 0.1) is 25.1 Å². The third-order valence-electron chi connectivity index (χ3n) is 3.68. The van der Waals surface area contributed by atoms with E-state index < -0.39 is 9.85 Å². The Labute approximate surface area is 132 Å². The third kappa shape index (κ3) is 2.18. The van der Waals surface area contributed by atoms with E-state index in [9.17, 15) is 30.3 Å². The zero-order valence-electron chi connectivity index (χ0n) is 11.8. The van der Waals surface area contributed by atoms with Gasteiger partial charge in [-0.25, -0.2) is 0 Å². The molecule has 3 aromatic rings. The van der Waals surface area contributed by atoms with Crippen LogP contribution in [0.5, 0.6) is 0 Å². The van der Waals surface area contributed by atoms with Crippen LogP contribution in [-0.2, 0) is 0 Å². The second kappa shape index (κ2) is 5.52. The number of nitrogens with one attached hydrogen (secondary N) is 1. The number of nitro groups is 2. The fourth-order valence-electron chi connectivity index (χ4n) is 2.63. The summed E-state index contributed by atoms with van der Waals surface area (Å²) in [5.74, 6) is 0. The predicted molar refractivity (Wildman–Crippen MR) is 85.6 cm³/mol. The first-order valence-corrected chi connectivity index (χ1v) is 6.53. The summed E-state index contributed by atoms with van der Waals surface area (Å²) in [6.07, 6.45) is 0. The highest BCUT2D eigenvalue weighted by atomic mass is 16.6. The zero-order chi connectivity index (χ0) is 17.4. The van der Waals surface area contributed by atoms with Gasteiger partial charge in [0, 0.05) is 35.0 Å². The molecule has 3 aromatic carbocycles. The molecule has 10 heteroatoms. The van der Waals surface area contributed by atoms with Crippen LogP contribution in [0.25, 0.3) is 21.5 Å². The van der Waals surface area contributed by atoms with Gasteiger partial charge in [0.1, 0.15) is 5.69 Å². The molecule has 120 valence electrons. The highest BCUT2D eigenvalue weighted by molar-refractivity contribution is 6.20. The van der Waals surface area contributed by atoms with Gasteiger partial charge < -0.3 is 0 Å². The molecule has 24 heavy (non-hydrogen) atoms. The van der Waals surface area contributed by atoms with Gasteiger partial charge in [0.15, 0.2) is 0 Å². The van der Waals surface area contributed by atoms with E-state index in [1.807, 2.05) is 5.48 Å². The van der Waals surface area contributed by atoms with Gasteiger partial charge in [-0.3, -0.25) is 30.9 Å². The monoisotopic (exact) mass is 328 g/mol. The average Bonchev–Trinajstić information content (AvgIpc) is 2.59. The van der Waals surface area contributed by atoms with Gasteiger partial charge in [-0.2, -0.15) is 0 Å². The number of hydrogen-bond donors (Lipinski definition) is 2. The smallest absolute Gasteiger partial charge is 0.270 e. The van der Waals surface area contributed by atoms with E-state index in [-0.39, 0.29) is 33.5 Å². The van der Waals surface area contributed by atoms with E-state index in [1.54, 1.807) is 0 Å². The third-order valence-corrected chi connectivity index (χ3v) is 3.68. The number of nitroso groups, excluding NO2 is 1. The molecule has 0 amide bonds. The molecule has 0 radical (unpaired) electrons. The van der Waals surface area contributed by atoms with E-state index in [4.69, 9.17) is 0 Å².